The smallest absolute Gasteiger partial charge is 0.0409 e. The van der Waals surface area contributed by atoms with E-state index in [1.54, 1.807) is 0 Å². The minimum Gasteiger partial charge on any atom is -0.308 e. The van der Waals surface area contributed by atoms with E-state index in [-0.39, 0.29) is 0 Å². The molecule has 1 rings (SSSR count). The van der Waals surface area contributed by atoms with E-state index in [9.17, 15) is 0 Å². The Morgan fingerprint density at radius 1 is 1.31 bits per heavy atom. The van der Waals surface area contributed by atoms with Gasteiger partial charge in [-0.05, 0) is 45.6 Å². The van der Waals surface area contributed by atoms with Crippen molar-refractivity contribution < 1.29 is 0 Å². The highest BCUT2D eigenvalue weighted by Gasteiger charge is 2.10. The summed E-state index contributed by atoms with van der Waals surface area (Å²) in [6.45, 7) is 5.39. The van der Waals surface area contributed by atoms with Crippen molar-refractivity contribution in [3.63, 3.8) is 0 Å². The number of hydrogen-bond donors (Lipinski definition) is 1. The summed E-state index contributed by atoms with van der Waals surface area (Å²) in [5, 5.41) is 4.35. The van der Waals surface area contributed by atoms with Gasteiger partial charge in [0.1, 0.15) is 0 Å². The van der Waals surface area contributed by atoms with Crippen LogP contribution in [0.4, 0.5) is 0 Å². The summed E-state index contributed by atoms with van der Waals surface area (Å²) >= 11 is 5.97. The second-order valence-corrected chi connectivity index (χ2v) is 5.04. The van der Waals surface area contributed by atoms with Gasteiger partial charge in [0.2, 0.25) is 0 Å². The molecule has 0 aliphatic carbocycles. The van der Waals surface area contributed by atoms with E-state index in [1.807, 2.05) is 18.2 Å². The molecular weight excluding hydrogens is 220 g/mol. The number of likely N-dealkylation sites (N-methyl/N-ethyl adjacent to an activating group) is 1. The van der Waals surface area contributed by atoms with Gasteiger partial charge in [-0.2, -0.15) is 0 Å². The molecule has 0 radical (unpaired) electrons. The van der Waals surface area contributed by atoms with Crippen LogP contribution in [0.3, 0.4) is 0 Å². The molecule has 0 fully saturated rings. The van der Waals surface area contributed by atoms with Crippen LogP contribution in [0.5, 0.6) is 0 Å². The number of nitrogens with zero attached hydrogens (tertiary/aromatic N) is 1. The minimum absolute atomic E-state index is 0.327. The molecule has 3 heteroatoms. The Morgan fingerprint density at radius 3 is 2.56 bits per heavy atom. The quantitative estimate of drug-likeness (QED) is 0.852. The SMILES string of the molecule is CC(CN(C)C)NC(C)c1cccc(Cl)c1. The maximum absolute atomic E-state index is 5.97. The Kier molecular flexibility index (Phi) is 5.26. The van der Waals surface area contributed by atoms with Crippen LogP contribution in [0.1, 0.15) is 25.5 Å². The van der Waals surface area contributed by atoms with Crippen LogP contribution in [0.15, 0.2) is 24.3 Å². The Balaban J connectivity index is 2.55. The molecule has 0 spiro atoms. The Hall–Kier alpha value is -0.570. The largest absolute Gasteiger partial charge is 0.308 e. The topological polar surface area (TPSA) is 15.3 Å². The van der Waals surface area contributed by atoms with Crippen molar-refractivity contribution in [1.29, 1.82) is 0 Å². The van der Waals surface area contributed by atoms with Crippen LogP contribution in [-0.4, -0.2) is 31.6 Å². The van der Waals surface area contributed by atoms with Gasteiger partial charge in [-0.3, -0.25) is 0 Å². The maximum Gasteiger partial charge on any atom is 0.0409 e. The summed E-state index contributed by atoms with van der Waals surface area (Å²) in [5.74, 6) is 0. The third-order valence-electron chi connectivity index (χ3n) is 2.52. The third kappa shape index (κ3) is 4.52. The molecule has 0 bridgehead atoms. The van der Waals surface area contributed by atoms with Crippen LogP contribution in [-0.2, 0) is 0 Å². The lowest BCUT2D eigenvalue weighted by Crippen LogP contribution is -2.37. The van der Waals surface area contributed by atoms with Crippen LogP contribution < -0.4 is 5.32 Å². The fourth-order valence-electron chi connectivity index (χ4n) is 1.90. The molecule has 0 aliphatic heterocycles. The van der Waals surface area contributed by atoms with Crippen molar-refractivity contribution in [3.05, 3.63) is 34.9 Å². The normalized spacial score (nSPS) is 15.1. The van der Waals surface area contributed by atoms with Gasteiger partial charge in [0.25, 0.3) is 0 Å². The molecule has 1 aromatic carbocycles. The van der Waals surface area contributed by atoms with Crippen LogP contribution in [0.2, 0.25) is 5.02 Å². The van der Waals surface area contributed by atoms with E-state index in [0.717, 1.165) is 11.6 Å². The summed E-state index contributed by atoms with van der Waals surface area (Å²) < 4.78 is 0. The molecule has 0 saturated heterocycles. The molecule has 2 atom stereocenters. The van der Waals surface area contributed by atoms with E-state index in [0.29, 0.717) is 12.1 Å². The molecule has 16 heavy (non-hydrogen) atoms. The van der Waals surface area contributed by atoms with Crippen molar-refractivity contribution in [2.45, 2.75) is 25.9 Å². The zero-order valence-corrected chi connectivity index (χ0v) is 11.3. The van der Waals surface area contributed by atoms with E-state index in [1.165, 1.54) is 5.56 Å². The molecule has 90 valence electrons. The van der Waals surface area contributed by atoms with E-state index in [4.69, 9.17) is 11.6 Å². The van der Waals surface area contributed by atoms with Gasteiger partial charge in [0, 0.05) is 23.7 Å². The van der Waals surface area contributed by atoms with Gasteiger partial charge in [0.15, 0.2) is 0 Å². The van der Waals surface area contributed by atoms with Gasteiger partial charge in [-0.15, -0.1) is 0 Å². The summed E-state index contributed by atoms with van der Waals surface area (Å²) in [5.41, 5.74) is 1.23. The Bertz CT molecular complexity index is 325. The summed E-state index contributed by atoms with van der Waals surface area (Å²) in [6.07, 6.45) is 0. The number of halogens is 1. The molecular formula is C13H21ClN2. The van der Waals surface area contributed by atoms with Gasteiger partial charge >= 0.3 is 0 Å². The Morgan fingerprint density at radius 2 is 2.00 bits per heavy atom. The maximum atomic E-state index is 5.97. The van der Waals surface area contributed by atoms with Crippen LogP contribution in [0.25, 0.3) is 0 Å². The van der Waals surface area contributed by atoms with Crippen molar-refractivity contribution in [2.24, 2.45) is 0 Å². The second kappa shape index (κ2) is 6.24. The predicted octanol–water partition coefficient (Wildman–Crippen LogP) is 2.94. The number of nitrogens with one attached hydrogen (secondary N) is 1. The number of rotatable bonds is 5. The highest BCUT2D eigenvalue weighted by Crippen LogP contribution is 2.17. The number of benzene rings is 1. The first-order valence-electron chi connectivity index (χ1n) is 5.65. The first-order valence-corrected chi connectivity index (χ1v) is 6.03. The van der Waals surface area contributed by atoms with Crippen molar-refractivity contribution in [2.75, 3.05) is 20.6 Å². The first kappa shape index (κ1) is 13.5. The van der Waals surface area contributed by atoms with Gasteiger partial charge in [-0.25, -0.2) is 0 Å². The molecule has 2 unspecified atom stereocenters. The molecule has 0 heterocycles. The lowest BCUT2D eigenvalue weighted by molar-refractivity contribution is 0.334. The lowest BCUT2D eigenvalue weighted by atomic mass is 10.1. The standard InChI is InChI=1S/C13H21ClN2/c1-10(9-16(3)4)15-11(2)12-6-5-7-13(14)8-12/h5-8,10-11,15H,9H2,1-4H3. The van der Waals surface area contributed by atoms with E-state index < -0.39 is 0 Å². The summed E-state index contributed by atoms with van der Waals surface area (Å²) in [4.78, 5) is 2.18. The second-order valence-electron chi connectivity index (χ2n) is 4.61. The molecule has 1 aromatic rings. The zero-order chi connectivity index (χ0) is 12.1. The molecule has 0 aliphatic rings. The average molecular weight is 241 g/mol. The van der Waals surface area contributed by atoms with E-state index >= 15 is 0 Å². The van der Waals surface area contributed by atoms with E-state index in [2.05, 4.69) is 44.2 Å². The fraction of sp³-hybridized carbons (Fsp3) is 0.538. The van der Waals surface area contributed by atoms with Crippen molar-refractivity contribution in [1.82, 2.24) is 10.2 Å². The number of hydrogen-bond acceptors (Lipinski definition) is 2. The van der Waals surface area contributed by atoms with Crippen molar-refractivity contribution >= 4 is 11.6 Å². The summed E-state index contributed by atoms with van der Waals surface area (Å²) in [6, 6.07) is 8.80. The minimum atomic E-state index is 0.327. The van der Waals surface area contributed by atoms with Crippen LogP contribution >= 0.6 is 11.6 Å². The zero-order valence-electron chi connectivity index (χ0n) is 10.5. The molecule has 0 aromatic heterocycles. The first-order chi connectivity index (χ1) is 7.49. The monoisotopic (exact) mass is 240 g/mol. The summed E-state index contributed by atoms with van der Waals surface area (Å²) in [7, 11) is 4.17. The van der Waals surface area contributed by atoms with Gasteiger partial charge in [-0.1, -0.05) is 23.7 Å². The van der Waals surface area contributed by atoms with Gasteiger partial charge < -0.3 is 10.2 Å². The molecule has 0 amide bonds. The highest BCUT2D eigenvalue weighted by molar-refractivity contribution is 6.30. The third-order valence-corrected chi connectivity index (χ3v) is 2.76. The lowest BCUT2D eigenvalue weighted by Gasteiger charge is -2.23. The molecule has 1 N–H and O–H groups in total. The fourth-order valence-corrected chi connectivity index (χ4v) is 2.10. The predicted molar refractivity (Wildman–Crippen MR) is 71.0 cm³/mol. The average Bonchev–Trinajstić information content (AvgIpc) is 2.16. The Labute approximate surface area is 104 Å². The van der Waals surface area contributed by atoms with Crippen molar-refractivity contribution in [3.8, 4) is 0 Å². The van der Waals surface area contributed by atoms with Gasteiger partial charge in [0.05, 0.1) is 0 Å². The molecule has 2 nitrogen and oxygen atoms in total. The highest BCUT2D eigenvalue weighted by atomic mass is 35.5. The molecule has 0 saturated carbocycles. The van der Waals surface area contributed by atoms with Crippen LogP contribution in [0, 0.1) is 0 Å².